The monoisotopic (exact) mass is 222 g/mol. The lowest BCUT2D eigenvalue weighted by molar-refractivity contribution is 0.431. The van der Waals surface area contributed by atoms with E-state index in [0.717, 1.165) is 11.3 Å². The Morgan fingerprint density at radius 1 is 1.47 bits per heavy atom. The fraction of sp³-hybridized carbons (Fsp3) is 0.455. The normalized spacial score (nSPS) is 11.2. The van der Waals surface area contributed by atoms with Gasteiger partial charge in [-0.1, -0.05) is 19.0 Å². The number of rotatable bonds is 3. The molecule has 0 bridgehead atoms. The van der Waals surface area contributed by atoms with Gasteiger partial charge in [-0.05, 0) is 30.9 Å². The van der Waals surface area contributed by atoms with Gasteiger partial charge in [-0.15, -0.1) is 11.3 Å². The Kier molecular flexibility index (Phi) is 2.86. The van der Waals surface area contributed by atoms with Crippen LogP contribution in [-0.4, -0.2) is 10.1 Å². The van der Waals surface area contributed by atoms with E-state index in [-0.39, 0.29) is 0 Å². The van der Waals surface area contributed by atoms with Gasteiger partial charge in [-0.25, -0.2) is 0 Å². The molecule has 15 heavy (non-hydrogen) atoms. The highest BCUT2D eigenvalue weighted by Gasteiger charge is 2.11. The summed E-state index contributed by atoms with van der Waals surface area (Å²) in [6.07, 6.45) is 2.54. The van der Waals surface area contributed by atoms with Crippen LogP contribution in [0, 0.1) is 12.8 Å². The molecule has 80 valence electrons. The lowest BCUT2D eigenvalue weighted by Crippen LogP contribution is -1.92. The zero-order chi connectivity index (χ0) is 10.8. The van der Waals surface area contributed by atoms with Crippen molar-refractivity contribution in [2.24, 2.45) is 5.92 Å². The van der Waals surface area contributed by atoms with Crippen LogP contribution in [0.4, 0.5) is 0 Å². The van der Waals surface area contributed by atoms with Crippen LogP contribution < -0.4 is 0 Å². The Morgan fingerprint density at radius 3 is 2.87 bits per heavy atom. The number of nitrogens with zero attached hydrogens (tertiary/aromatic N) is 2. The quantitative estimate of drug-likeness (QED) is 0.799. The second-order valence-electron chi connectivity index (χ2n) is 4.04. The maximum Gasteiger partial charge on any atom is 0.267 e. The number of hydrogen-bond donors (Lipinski definition) is 0. The van der Waals surface area contributed by atoms with E-state index in [9.17, 15) is 0 Å². The van der Waals surface area contributed by atoms with Crippen LogP contribution in [-0.2, 0) is 6.42 Å². The highest BCUT2D eigenvalue weighted by molar-refractivity contribution is 7.15. The fourth-order valence-electron chi connectivity index (χ4n) is 1.55. The minimum absolute atomic E-state index is 0.623. The van der Waals surface area contributed by atoms with E-state index in [1.54, 1.807) is 11.3 Å². The average molecular weight is 222 g/mol. The van der Waals surface area contributed by atoms with Crippen LogP contribution in [0.1, 0.15) is 24.3 Å². The second-order valence-corrected chi connectivity index (χ2v) is 5.29. The van der Waals surface area contributed by atoms with E-state index in [0.29, 0.717) is 11.8 Å². The van der Waals surface area contributed by atoms with E-state index in [1.807, 2.05) is 0 Å². The third-order valence-electron chi connectivity index (χ3n) is 2.22. The molecule has 0 saturated carbocycles. The summed E-state index contributed by atoms with van der Waals surface area (Å²) in [7, 11) is 0. The number of thiophene rings is 1. The van der Waals surface area contributed by atoms with E-state index in [1.165, 1.54) is 16.8 Å². The van der Waals surface area contributed by atoms with Gasteiger partial charge in [0.25, 0.3) is 5.89 Å². The van der Waals surface area contributed by atoms with Gasteiger partial charge in [0.1, 0.15) is 0 Å². The van der Waals surface area contributed by atoms with Crippen LogP contribution >= 0.6 is 11.3 Å². The Labute approximate surface area is 93.1 Å². The average Bonchev–Trinajstić information content (AvgIpc) is 2.75. The van der Waals surface area contributed by atoms with Gasteiger partial charge in [0.15, 0.2) is 6.33 Å². The van der Waals surface area contributed by atoms with Gasteiger partial charge in [0.2, 0.25) is 0 Å². The molecule has 4 heteroatoms. The fourth-order valence-corrected chi connectivity index (χ4v) is 2.53. The van der Waals surface area contributed by atoms with Gasteiger partial charge in [-0.3, -0.25) is 0 Å². The van der Waals surface area contributed by atoms with Crippen molar-refractivity contribution in [2.75, 3.05) is 0 Å². The van der Waals surface area contributed by atoms with Crippen LogP contribution in [0.3, 0.4) is 0 Å². The van der Waals surface area contributed by atoms with Crippen molar-refractivity contribution in [3.63, 3.8) is 0 Å². The Balaban J connectivity index is 2.29. The first-order valence-corrected chi connectivity index (χ1v) is 5.85. The predicted octanol–water partition coefficient (Wildman–Crippen LogP) is 3.31. The molecule has 0 unspecified atom stereocenters. The van der Waals surface area contributed by atoms with Crippen molar-refractivity contribution in [3.8, 4) is 10.8 Å². The summed E-state index contributed by atoms with van der Waals surface area (Å²) < 4.78 is 5.04. The highest BCUT2D eigenvalue weighted by atomic mass is 32.1. The summed E-state index contributed by atoms with van der Waals surface area (Å²) in [4.78, 5) is 6.47. The molecule has 2 aromatic heterocycles. The summed E-state index contributed by atoms with van der Waals surface area (Å²) in [5, 5.41) is 3.62. The Hall–Kier alpha value is -1.16. The van der Waals surface area contributed by atoms with Crippen LogP contribution in [0.15, 0.2) is 16.9 Å². The molecule has 2 heterocycles. The zero-order valence-corrected chi connectivity index (χ0v) is 9.97. The topological polar surface area (TPSA) is 38.9 Å². The molecule has 2 rings (SSSR count). The first-order chi connectivity index (χ1) is 7.16. The maximum absolute atomic E-state index is 5.04. The van der Waals surface area contributed by atoms with Gasteiger partial charge >= 0.3 is 0 Å². The smallest absolute Gasteiger partial charge is 0.267 e. The lowest BCUT2D eigenvalue weighted by atomic mass is 10.0. The van der Waals surface area contributed by atoms with Crippen molar-refractivity contribution in [1.82, 2.24) is 10.1 Å². The van der Waals surface area contributed by atoms with Crippen LogP contribution in [0.25, 0.3) is 10.8 Å². The predicted molar refractivity (Wildman–Crippen MR) is 60.9 cm³/mol. The van der Waals surface area contributed by atoms with E-state index < -0.39 is 0 Å². The summed E-state index contributed by atoms with van der Waals surface area (Å²) in [6.45, 7) is 6.59. The van der Waals surface area contributed by atoms with Crippen LogP contribution in [0.2, 0.25) is 0 Å². The molecular formula is C11H14N2OS. The first-order valence-electron chi connectivity index (χ1n) is 5.03. The summed E-state index contributed by atoms with van der Waals surface area (Å²) in [5.74, 6) is 1.30. The van der Waals surface area contributed by atoms with Crippen molar-refractivity contribution in [2.45, 2.75) is 27.2 Å². The SMILES string of the molecule is Cc1sc(-c2ncno2)cc1CC(C)C. The number of aromatic nitrogens is 2. The second kappa shape index (κ2) is 4.14. The van der Waals surface area contributed by atoms with E-state index in [4.69, 9.17) is 4.52 Å². The van der Waals surface area contributed by atoms with Gasteiger partial charge in [0.05, 0.1) is 4.88 Å². The third kappa shape index (κ3) is 2.26. The molecule has 0 spiro atoms. The molecule has 0 aliphatic heterocycles. The van der Waals surface area contributed by atoms with Gasteiger partial charge < -0.3 is 4.52 Å². The van der Waals surface area contributed by atoms with Gasteiger partial charge in [0, 0.05) is 4.88 Å². The maximum atomic E-state index is 5.04. The molecule has 0 amide bonds. The molecule has 0 aliphatic carbocycles. The van der Waals surface area contributed by atoms with Crippen molar-refractivity contribution < 1.29 is 4.52 Å². The molecule has 0 aromatic carbocycles. The molecular weight excluding hydrogens is 208 g/mol. The molecule has 0 atom stereocenters. The molecule has 0 saturated heterocycles. The minimum atomic E-state index is 0.623. The van der Waals surface area contributed by atoms with E-state index >= 15 is 0 Å². The molecule has 2 aromatic rings. The third-order valence-corrected chi connectivity index (χ3v) is 3.30. The summed E-state index contributed by atoms with van der Waals surface area (Å²) in [5.41, 5.74) is 1.39. The lowest BCUT2D eigenvalue weighted by Gasteiger charge is -2.02. The molecule has 0 fully saturated rings. The zero-order valence-electron chi connectivity index (χ0n) is 9.15. The number of aryl methyl sites for hydroxylation is 1. The standard InChI is InChI=1S/C11H14N2OS/c1-7(2)4-9-5-10(15-8(9)3)11-12-6-13-14-11/h5-7H,4H2,1-3H3. The first kappa shape index (κ1) is 10.4. The van der Waals surface area contributed by atoms with Crippen LogP contribution in [0.5, 0.6) is 0 Å². The Morgan fingerprint density at radius 2 is 2.27 bits per heavy atom. The number of hydrogen-bond acceptors (Lipinski definition) is 4. The van der Waals surface area contributed by atoms with Crippen molar-refractivity contribution in [1.29, 1.82) is 0 Å². The van der Waals surface area contributed by atoms with Crippen molar-refractivity contribution >= 4 is 11.3 Å². The molecule has 0 aliphatic rings. The Bertz CT molecular complexity index is 431. The van der Waals surface area contributed by atoms with Gasteiger partial charge in [-0.2, -0.15) is 4.98 Å². The largest absolute Gasteiger partial charge is 0.333 e. The summed E-state index contributed by atoms with van der Waals surface area (Å²) in [6, 6.07) is 2.16. The van der Waals surface area contributed by atoms with E-state index in [2.05, 4.69) is 37.0 Å². The molecule has 0 N–H and O–H groups in total. The molecule has 0 radical (unpaired) electrons. The van der Waals surface area contributed by atoms with Crippen molar-refractivity contribution in [3.05, 3.63) is 22.8 Å². The summed E-state index contributed by atoms with van der Waals surface area (Å²) >= 11 is 1.72. The molecule has 3 nitrogen and oxygen atoms in total. The minimum Gasteiger partial charge on any atom is -0.333 e. The highest BCUT2D eigenvalue weighted by Crippen LogP contribution is 2.30.